The van der Waals surface area contributed by atoms with Gasteiger partial charge < -0.3 is 9.30 Å². The molecule has 1 saturated carbocycles. The van der Waals surface area contributed by atoms with Gasteiger partial charge in [0.05, 0.1) is 25.9 Å². The Morgan fingerprint density at radius 1 is 1.13 bits per heavy atom. The van der Waals surface area contributed by atoms with Crippen molar-refractivity contribution < 1.29 is 22.7 Å². The fraction of sp³-hybridized carbons (Fsp3) is 0.360. The number of alkyl halides is 3. The van der Waals surface area contributed by atoms with Crippen molar-refractivity contribution in [2.45, 2.75) is 44.4 Å². The number of aryl methyl sites for hydroxylation is 1. The van der Waals surface area contributed by atoms with E-state index in [1.165, 1.54) is 25.1 Å². The molecule has 0 unspecified atom stereocenters. The van der Waals surface area contributed by atoms with Crippen molar-refractivity contribution in [3.63, 3.8) is 0 Å². The van der Waals surface area contributed by atoms with Crippen LogP contribution in [0.5, 0.6) is 5.88 Å². The summed E-state index contributed by atoms with van der Waals surface area (Å²) in [4.78, 5) is 31.7. The minimum absolute atomic E-state index is 0.105. The first-order chi connectivity index (χ1) is 18.7. The number of fused-ring (bicyclic) bond motifs is 1. The van der Waals surface area contributed by atoms with Gasteiger partial charge in [0.25, 0.3) is 0 Å². The van der Waals surface area contributed by atoms with Crippen molar-refractivity contribution in [3.05, 3.63) is 52.1 Å². The Kier molecular flexibility index (Phi) is 6.16. The standard InChI is InChI=1S/C25H22BrF3N8O2/c1-35-20(26)19(25(27,28)29)32-22(35)15-5-3-13(4-6-15)11-36-16(38)9-10-37-24(36)33-21(34-37)17-18(14-7-8-14)30-12-31-23(17)39-2/h3-6,12,14H,7-11H2,1-2H3. The minimum atomic E-state index is -4.58. The van der Waals surface area contributed by atoms with E-state index >= 15 is 0 Å². The molecule has 3 aromatic heterocycles. The van der Waals surface area contributed by atoms with Crippen LogP contribution >= 0.6 is 15.9 Å². The molecule has 10 nitrogen and oxygen atoms in total. The number of amides is 1. The fourth-order valence-electron chi connectivity index (χ4n) is 4.67. The first kappa shape index (κ1) is 25.5. The molecule has 0 radical (unpaired) electrons. The van der Waals surface area contributed by atoms with Crippen molar-refractivity contribution in [3.8, 4) is 28.7 Å². The number of hydrogen-bond donors (Lipinski definition) is 0. The number of nitrogens with zero attached hydrogens (tertiary/aromatic N) is 8. The average molecular weight is 603 g/mol. The second-order valence-electron chi connectivity index (χ2n) is 9.43. The van der Waals surface area contributed by atoms with E-state index in [4.69, 9.17) is 9.72 Å². The number of benzene rings is 1. The molecule has 0 bridgehead atoms. The summed E-state index contributed by atoms with van der Waals surface area (Å²) in [5.74, 6) is 1.57. The van der Waals surface area contributed by atoms with Gasteiger partial charge in [-0.15, -0.1) is 5.10 Å². The molecule has 4 heterocycles. The molecule has 1 fully saturated rings. The van der Waals surface area contributed by atoms with E-state index in [-0.39, 0.29) is 29.3 Å². The van der Waals surface area contributed by atoms with Crippen LogP contribution in [0, 0.1) is 0 Å². The van der Waals surface area contributed by atoms with E-state index < -0.39 is 11.9 Å². The number of carbonyl (C=O) groups is 1. The first-order valence-electron chi connectivity index (χ1n) is 12.2. The summed E-state index contributed by atoms with van der Waals surface area (Å²) in [6, 6.07) is 6.88. The van der Waals surface area contributed by atoms with Crippen LogP contribution in [0.1, 0.15) is 42.1 Å². The number of halogens is 4. The van der Waals surface area contributed by atoms with Crippen LogP contribution in [0.25, 0.3) is 22.8 Å². The summed E-state index contributed by atoms with van der Waals surface area (Å²) in [6.45, 7) is 0.605. The molecule has 0 N–H and O–H groups in total. The van der Waals surface area contributed by atoms with Crippen molar-refractivity contribution in [2.24, 2.45) is 7.05 Å². The van der Waals surface area contributed by atoms with Crippen LogP contribution < -0.4 is 9.64 Å². The smallest absolute Gasteiger partial charge is 0.436 e. The predicted octanol–water partition coefficient (Wildman–Crippen LogP) is 4.74. The molecular formula is C25H22BrF3N8O2. The van der Waals surface area contributed by atoms with Crippen LogP contribution in [0.4, 0.5) is 19.1 Å². The number of carbonyl (C=O) groups excluding carboxylic acids is 1. The molecule has 1 aromatic carbocycles. The lowest BCUT2D eigenvalue weighted by Gasteiger charge is -2.26. The summed E-state index contributed by atoms with van der Waals surface area (Å²) in [5.41, 5.74) is 1.78. The summed E-state index contributed by atoms with van der Waals surface area (Å²) >= 11 is 2.99. The highest BCUT2D eigenvalue weighted by Crippen LogP contribution is 2.45. The van der Waals surface area contributed by atoms with Crippen LogP contribution in [-0.4, -0.2) is 47.3 Å². The zero-order valence-electron chi connectivity index (χ0n) is 20.9. The van der Waals surface area contributed by atoms with Crippen LogP contribution in [0.2, 0.25) is 0 Å². The Bertz CT molecular complexity index is 1580. The molecule has 6 rings (SSSR count). The third-order valence-corrected chi connectivity index (χ3v) is 7.71. The maximum atomic E-state index is 13.3. The normalized spacial score (nSPS) is 15.5. The lowest BCUT2D eigenvalue weighted by Crippen LogP contribution is -2.37. The van der Waals surface area contributed by atoms with Gasteiger partial charge in [-0.1, -0.05) is 24.3 Å². The Morgan fingerprint density at radius 3 is 2.51 bits per heavy atom. The van der Waals surface area contributed by atoms with Crippen LogP contribution in [0.3, 0.4) is 0 Å². The van der Waals surface area contributed by atoms with E-state index in [2.05, 4.69) is 36.0 Å². The third kappa shape index (κ3) is 4.56. The number of methoxy groups -OCH3 is 1. The SMILES string of the molecule is COc1ncnc(C2CC2)c1-c1nc2n(n1)CCC(=O)N2Cc1ccc(-c2nc(C(F)(F)F)c(Br)n2C)cc1. The van der Waals surface area contributed by atoms with Gasteiger partial charge in [0.15, 0.2) is 11.5 Å². The number of imidazole rings is 1. The fourth-order valence-corrected chi connectivity index (χ4v) is 5.15. The first-order valence-corrected chi connectivity index (χ1v) is 13.0. The van der Waals surface area contributed by atoms with Gasteiger partial charge in [-0.2, -0.15) is 18.2 Å². The lowest BCUT2D eigenvalue weighted by molar-refractivity contribution is -0.141. The third-order valence-electron chi connectivity index (χ3n) is 6.80. The van der Waals surface area contributed by atoms with Gasteiger partial charge in [0, 0.05) is 24.9 Å². The maximum Gasteiger partial charge on any atom is 0.436 e. The summed E-state index contributed by atoms with van der Waals surface area (Å²) in [6.07, 6.45) is -0.804. The predicted molar refractivity (Wildman–Crippen MR) is 137 cm³/mol. The van der Waals surface area contributed by atoms with Gasteiger partial charge in [-0.05, 0) is 34.3 Å². The van der Waals surface area contributed by atoms with Gasteiger partial charge >= 0.3 is 6.18 Å². The van der Waals surface area contributed by atoms with Crippen molar-refractivity contribution in [1.82, 2.24) is 34.3 Å². The Hall–Kier alpha value is -3.81. The van der Waals surface area contributed by atoms with Gasteiger partial charge in [-0.3, -0.25) is 9.69 Å². The molecule has 14 heteroatoms. The molecule has 4 aromatic rings. The summed E-state index contributed by atoms with van der Waals surface area (Å²) in [7, 11) is 3.04. The van der Waals surface area contributed by atoms with Gasteiger partial charge in [0.2, 0.25) is 17.7 Å². The Morgan fingerprint density at radius 2 is 1.87 bits per heavy atom. The maximum absolute atomic E-state index is 13.3. The molecule has 0 spiro atoms. The topological polar surface area (TPSA) is 104 Å². The van der Waals surface area contributed by atoms with Crippen LogP contribution in [-0.2, 0) is 31.1 Å². The molecule has 0 atom stereocenters. The highest BCUT2D eigenvalue weighted by Gasteiger charge is 2.38. The number of anilines is 1. The molecule has 0 saturated heterocycles. The summed E-state index contributed by atoms with van der Waals surface area (Å²) < 4.78 is 48.2. The lowest BCUT2D eigenvalue weighted by atomic mass is 10.1. The van der Waals surface area contributed by atoms with E-state index in [1.54, 1.807) is 33.8 Å². The largest absolute Gasteiger partial charge is 0.480 e. The number of rotatable bonds is 6. The highest BCUT2D eigenvalue weighted by atomic mass is 79.9. The number of hydrogen-bond acceptors (Lipinski definition) is 7. The molecular weight excluding hydrogens is 581 g/mol. The number of aromatic nitrogens is 7. The molecule has 2 aliphatic rings. The van der Waals surface area contributed by atoms with E-state index in [0.29, 0.717) is 41.2 Å². The molecule has 39 heavy (non-hydrogen) atoms. The van der Waals surface area contributed by atoms with E-state index in [9.17, 15) is 18.0 Å². The average Bonchev–Trinajstić information content (AvgIpc) is 3.60. The van der Waals surface area contributed by atoms with Crippen LogP contribution in [0.15, 0.2) is 35.2 Å². The molecule has 1 amide bonds. The number of ether oxygens (including phenoxy) is 1. The zero-order chi connectivity index (χ0) is 27.5. The second-order valence-corrected chi connectivity index (χ2v) is 10.2. The monoisotopic (exact) mass is 602 g/mol. The van der Waals surface area contributed by atoms with Gasteiger partial charge in [-0.25, -0.2) is 19.6 Å². The Balaban J connectivity index is 1.30. The Labute approximate surface area is 229 Å². The highest BCUT2D eigenvalue weighted by molar-refractivity contribution is 9.10. The van der Waals surface area contributed by atoms with Crippen molar-refractivity contribution in [1.29, 1.82) is 0 Å². The van der Waals surface area contributed by atoms with E-state index in [0.717, 1.165) is 24.1 Å². The van der Waals surface area contributed by atoms with E-state index in [1.807, 2.05) is 0 Å². The van der Waals surface area contributed by atoms with Crippen molar-refractivity contribution in [2.75, 3.05) is 12.0 Å². The van der Waals surface area contributed by atoms with Gasteiger partial charge in [0.1, 0.15) is 22.3 Å². The molecule has 202 valence electrons. The molecule has 1 aliphatic heterocycles. The molecule has 1 aliphatic carbocycles. The quantitative estimate of drug-likeness (QED) is 0.314. The zero-order valence-corrected chi connectivity index (χ0v) is 22.5. The van der Waals surface area contributed by atoms with Crippen molar-refractivity contribution >= 4 is 27.8 Å². The summed E-state index contributed by atoms with van der Waals surface area (Å²) in [5, 5.41) is 4.66. The minimum Gasteiger partial charge on any atom is -0.480 e. The second kappa shape index (κ2) is 9.43.